The van der Waals surface area contributed by atoms with E-state index in [0.29, 0.717) is 18.4 Å². The van der Waals surface area contributed by atoms with E-state index in [2.05, 4.69) is 4.98 Å². The molecule has 0 spiro atoms. The van der Waals surface area contributed by atoms with Crippen LogP contribution >= 0.6 is 0 Å². The van der Waals surface area contributed by atoms with Crippen LogP contribution in [0.5, 0.6) is 0 Å². The van der Waals surface area contributed by atoms with Crippen molar-refractivity contribution in [3.63, 3.8) is 0 Å². The number of H-pyrrole nitrogens is 1. The lowest BCUT2D eigenvalue weighted by Crippen LogP contribution is -2.21. The summed E-state index contributed by atoms with van der Waals surface area (Å²) < 4.78 is 0. The van der Waals surface area contributed by atoms with Crippen molar-refractivity contribution in [3.05, 3.63) is 33.2 Å². The second-order valence-corrected chi connectivity index (χ2v) is 3.32. The highest BCUT2D eigenvalue weighted by Crippen LogP contribution is 2.19. The number of carbonyl (C=O) groups excluding carboxylic acids is 1. The standard InChI is InChI=1S/C10H8N2O2/c11-4-9-8-3-7(13)2-1-6(8)5-12-10(9)14/h5H,1-3H2,(H,12,14). The van der Waals surface area contributed by atoms with Gasteiger partial charge in [0.25, 0.3) is 5.56 Å². The number of aromatic amines is 1. The number of hydrogen-bond donors (Lipinski definition) is 1. The summed E-state index contributed by atoms with van der Waals surface area (Å²) in [5, 5.41) is 8.78. The topological polar surface area (TPSA) is 73.7 Å². The van der Waals surface area contributed by atoms with E-state index in [1.165, 1.54) is 0 Å². The Morgan fingerprint density at radius 1 is 1.36 bits per heavy atom. The van der Waals surface area contributed by atoms with E-state index in [9.17, 15) is 9.59 Å². The first-order chi connectivity index (χ1) is 6.72. The van der Waals surface area contributed by atoms with E-state index in [0.717, 1.165) is 5.56 Å². The Morgan fingerprint density at radius 3 is 2.86 bits per heavy atom. The zero-order valence-electron chi connectivity index (χ0n) is 7.46. The van der Waals surface area contributed by atoms with Gasteiger partial charge in [0.15, 0.2) is 0 Å². The molecule has 1 aliphatic rings. The molecule has 0 fully saturated rings. The molecule has 0 bridgehead atoms. The van der Waals surface area contributed by atoms with Gasteiger partial charge in [-0.05, 0) is 17.5 Å². The zero-order valence-corrected chi connectivity index (χ0v) is 7.46. The fourth-order valence-corrected chi connectivity index (χ4v) is 1.71. The maximum Gasteiger partial charge on any atom is 0.266 e. The summed E-state index contributed by atoms with van der Waals surface area (Å²) >= 11 is 0. The predicted octanol–water partition coefficient (Wildman–Crippen LogP) is 0.304. The van der Waals surface area contributed by atoms with Gasteiger partial charge < -0.3 is 4.98 Å². The lowest BCUT2D eigenvalue weighted by atomic mass is 9.89. The highest BCUT2D eigenvalue weighted by molar-refractivity contribution is 5.83. The molecule has 1 aromatic rings. The predicted molar refractivity (Wildman–Crippen MR) is 48.8 cm³/mol. The first-order valence-corrected chi connectivity index (χ1v) is 4.37. The second-order valence-electron chi connectivity index (χ2n) is 3.32. The summed E-state index contributed by atoms with van der Waals surface area (Å²) in [5.41, 5.74) is 1.23. The Bertz CT molecular complexity index is 494. The number of carbonyl (C=O) groups is 1. The molecule has 1 aromatic heterocycles. The van der Waals surface area contributed by atoms with E-state index >= 15 is 0 Å². The fraction of sp³-hybridized carbons (Fsp3) is 0.300. The molecule has 2 rings (SSSR count). The van der Waals surface area contributed by atoms with Crippen LogP contribution in [0.4, 0.5) is 0 Å². The fourth-order valence-electron chi connectivity index (χ4n) is 1.71. The SMILES string of the molecule is N#Cc1c2c(c[nH]c1=O)CCC(=O)C2. The Kier molecular flexibility index (Phi) is 1.93. The molecule has 1 aliphatic carbocycles. The van der Waals surface area contributed by atoms with Crippen LogP contribution in [0.2, 0.25) is 0 Å². The van der Waals surface area contributed by atoms with Crippen LogP contribution in [0, 0.1) is 11.3 Å². The lowest BCUT2D eigenvalue weighted by Gasteiger charge is -2.14. The van der Waals surface area contributed by atoms with E-state index in [4.69, 9.17) is 5.26 Å². The molecule has 0 aromatic carbocycles. The molecule has 0 saturated carbocycles. The molecule has 0 radical (unpaired) electrons. The average molecular weight is 188 g/mol. The molecular formula is C10H8N2O2. The number of hydrogen-bond acceptors (Lipinski definition) is 3. The highest BCUT2D eigenvalue weighted by Gasteiger charge is 2.20. The molecule has 0 amide bonds. The first-order valence-electron chi connectivity index (χ1n) is 4.37. The zero-order chi connectivity index (χ0) is 10.1. The van der Waals surface area contributed by atoms with Crippen molar-refractivity contribution in [2.75, 3.05) is 0 Å². The van der Waals surface area contributed by atoms with E-state index in [1.54, 1.807) is 6.20 Å². The number of nitriles is 1. The van der Waals surface area contributed by atoms with Gasteiger partial charge in [-0.25, -0.2) is 0 Å². The van der Waals surface area contributed by atoms with Gasteiger partial charge in [0.2, 0.25) is 0 Å². The van der Waals surface area contributed by atoms with Crippen LogP contribution < -0.4 is 5.56 Å². The molecule has 1 N–H and O–H groups in total. The molecule has 1 heterocycles. The molecule has 70 valence electrons. The molecule has 0 saturated heterocycles. The van der Waals surface area contributed by atoms with Crippen molar-refractivity contribution in [2.24, 2.45) is 0 Å². The Balaban J connectivity index is 2.67. The van der Waals surface area contributed by atoms with Crippen molar-refractivity contribution < 1.29 is 4.79 Å². The number of ketones is 1. The molecule has 0 aliphatic heterocycles. The van der Waals surface area contributed by atoms with Gasteiger partial charge >= 0.3 is 0 Å². The van der Waals surface area contributed by atoms with Crippen LogP contribution in [0.3, 0.4) is 0 Å². The van der Waals surface area contributed by atoms with Gasteiger partial charge in [0, 0.05) is 19.0 Å². The number of fused-ring (bicyclic) bond motifs is 1. The summed E-state index contributed by atoms with van der Waals surface area (Å²) in [6, 6.07) is 1.85. The largest absolute Gasteiger partial charge is 0.328 e. The minimum Gasteiger partial charge on any atom is -0.328 e. The van der Waals surface area contributed by atoms with E-state index in [1.807, 2.05) is 6.07 Å². The number of nitrogens with zero attached hydrogens (tertiary/aromatic N) is 1. The molecule has 0 atom stereocenters. The van der Waals surface area contributed by atoms with Crippen LogP contribution in [0.15, 0.2) is 11.0 Å². The number of Topliss-reactive ketones (excluding diaryl/α,β-unsaturated/α-hetero) is 1. The molecule has 0 unspecified atom stereocenters. The van der Waals surface area contributed by atoms with Crippen LogP contribution in [0.1, 0.15) is 23.1 Å². The molecular weight excluding hydrogens is 180 g/mol. The maximum absolute atomic E-state index is 11.2. The monoisotopic (exact) mass is 188 g/mol. The minimum atomic E-state index is -0.402. The van der Waals surface area contributed by atoms with Crippen LogP contribution in [-0.4, -0.2) is 10.8 Å². The quantitative estimate of drug-likeness (QED) is 0.636. The van der Waals surface area contributed by atoms with Crippen molar-refractivity contribution in [2.45, 2.75) is 19.3 Å². The van der Waals surface area contributed by atoms with Gasteiger partial charge in [-0.2, -0.15) is 5.26 Å². The molecule has 14 heavy (non-hydrogen) atoms. The van der Waals surface area contributed by atoms with Gasteiger partial charge in [0.05, 0.1) is 0 Å². The average Bonchev–Trinajstić information content (AvgIpc) is 2.17. The van der Waals surface area contributed by atoms with Gasteiger partial charge in [-0.1, -0.05) is 0 Å². The number of nitrogens with one attached hydrogen (secondary N) is 1. The van der Waals surface area contributed by atoms with Gasteiger partial charge in [-0.15, -0.1) is 0 Å². The summed E-state index contributed by atoms with van der Waals surface area (Å²) in [5.74, 6) is 0.0969. The third-order valence-corrected chi connectivity index (χ3v) is 2.45. The normalized spacial score (nSPS) is 14.6. The van der Waals surface area contributed by atoms with Crippen molar-refractivity contribution in [1.29, 1.82) is 5.26 Å². The second kappa shape index (κ2) is 3.11. The van der Waals surface area contributed by atoms with Gasteiger partial charge in [-0.3, -0.25) is 9.59 Å². The minimum absolute atomic E-state index is 0.0931. The Labute approximate surface area is 80.2 Å². The van der Waals surface area contributed by atoms with Gasteiger partial charge in [0.1, 0.15) is 17.4 Å². The number of rotatable bonds is 0. The van der Waals surface area contributed by atoms with E-state index in [-0.39, 0.29) is 17.8 Å². The van der Waals surface area contributed by atoms with Crippen molar-refractivity contribution in [3.8, 4) is 6.07 Å². The summed E-state index contributed by atoms with van der Waals surface area (Å²) in [6.45, 7) is 0. The lowest BCUT2D eigenvalue weighted by molar-refractivity contribution is -0.118. The Morgan fingerprint density at radius 2 is 2.14 bits per heavy atom. The number of aryl methyl sites for hydroxylation is 1. The Hall–Kier alpha value is -1.89. The third-order valence-electron chi connectivity index (χ3n) is 2.45. The summed E-state index contributed by atoms with van der Waals surface area (Å²) in [6.07, 6.45) is 2.95. The van der Waals surface area contributed by atoms with Crippen LogP contribution in [0.25, 0.3) is 0 Å². The van der Waals surface area contributed by atoms with E-state index < -0.39 is 5.56 Å². The first kappa shape index (κ1) is 8.70. The van der Waals surface area contributed by atoms with Crippen molar-refractivity contribution >= 4 is 5.78 Å². The number of aromatic nitrogens is 1. The summed E-state index contributed by atoms with van der Waals surface area (Å²) in [7, 11) is 0. The van der Waals surface area contributed by atoms with Crippen LogP contribution in [-0.2, 0) is 17.6 Å². The maximum atomic E-state index is 11.2. The summed E-state index contributed by atoms with van der Waals surface area (Å²) in [4.78, 5) is 24.9. The smallest absolute Gasteiger partial charge is 0.266 e. The molecule has 4 nitrogen and oxygen atoms in total. The third kappa shape index (κ3) is 1.23. The molecule has 4 heteroatoms. The van der Waals surface area contributed by atoms with Crippen molar-refractivity contribution in [1.82, 2.24) is 4.98 Å². The highest BCUT2D eigenvalue weighted by atomic mass is 16.1. The number of pyridine rings is 1.